The molecule has 0 spiro atoms. The number of hydrogen-bond acceptors (Lipinski definition) is 4. The van der Waals surface area contributed by atoms with Gasteiger partial charge in [-0.2, -0.15) is 0 Å². The lowest BCUT2D eigenvalue weighted by Crippen LogP contribution is -2.48. The van der Waals surface area contributed by atoms with E-state index in [2.05, 4.69) is 18.5 Å². The molecular formula is C19H28FNO2S. The molecule has 1 aromatic carbocycles. The van der Waals surface area contributed by atoms with E-state index in [1.165, 1.54) is 12.1 Å². The Balaban J connectivity index is 1.85. The fourth-order valence-electron chi connectivity index (χ4n) is 2.78. The van der Waals surface area contributed by atoms with Crippen LogP contribution in [0.5, 0.6) is 5.75 Å². The van der Waals surface area contributed by atoms with Gasteiger partial charge in [-0.3, -0.25) is 4.79 Å². The van der Waals surface area contributed by atoms with Crippen molar-refractivity contribution >= 4 is 17.5 Å². The molecule has 0 aliphatic heterocycles. The quantitative estimate of drug-likeness (QED) is 0.676. The van der Waals surface area contributed by atoms with Crippen LogP contribution in [0.25, 0.3) is 0 Å². The van der Waals surface area contributed by atoms with Gasteiger partial charge in [0.2, 0.25) is 0 Å². The van der Waals surface area contributed by atoms with Crippen LogP contribution in [0.1, 0.15) is 45.6 Å². The number of halogens is 1. The summed E-state index contributed by atoms with van der Waals surface area (Å²) in [5.41, 5.74) is 0.823. The van der Waals surface area contributed by atoms with Crippen LogP contribution in [-0.2, 0) is 11.2 Å². The van der Waals surface area contributed by atoms with Gasteiger partial charge in [0.1, 0.15) is 23.5 Å². The molecule has 1 aromatic rings. The van der Waals surface area contributed by atoms with Gasteiger partial charge >= 0.3 is 0 Å². The Kier molecular flexibility index (Phi) is 7.11. The molecular weight excluding hydrogens is 325 g/mol. The molecule has 2 rings (SSSR count). The highest BCUT2D eigenvalue weighted by Gasteiger charge is 2.31. The van der Waals surface area contributed by atoms with Gasteiger partial charge in [-0.25, -0.2) is 4.39 Å². The lowest BCUT2D eigenvalue weighted by Gasteiger charge is -2.37. The minimum Gasteiger partial charge on any atom is -0.490 e. The predicted octanol–water partition coefficient (Wildman–Crippen LogP) is 4.19. The summed E-state index contributed by atoms with van der Waals surface area (Å²) in [5.74, 6) is 0.503. The number of aryl methyl sites for hydroxylation is 1. The molecule has 5 heteroatoms. The average Bonchev–Trinajstić information content (AvgIpc) is 2.49. The Morgan fingerprint density at radius 2 is 2.04 bits per heavy atom. The van der Waals surface area contributed by atoms with Crippen molar-refractivity contribution in [2.24, 2.45) is 5.92 Å². The van der Waals surface area contributed by atoms with Gasteiger partial charge < -0.3 is 10.1 Å². The number of Topliss-reactive ketones (excluding diaryl/α,β-unsaturated/α-hetero) is 1. The zero-order valence-corrected chi connectivity index (χ0v) is 15.8. The van der Waals surface area contributed by atoms with E-state index in [9.17, 15) is 9.18 Å². The zero-order chi connectivity index (χ0) is 17.7. The first kappa shape index (κ1) is 19.3. The predicted molar refractivity (Wildman–Crippen MR) is 98.1 cm³/mol. The first-order chi connectivity index (χ1) is 11.4. The van der Waals surface area contributed by atoms with Crippen molar-refractivity contribution in [1.29, 1.82) is 0 Å². The SMILES string of the molecule is CSC(C)N[C@H]1C[C@H](Oc2cc(F)cc(CCC(=O)C(C)C)c2)C1. The zero-order valence-electron chi connectivity index (χ0n) is 15.0. The third-order valence-electron chi connectivity index (χ3n) is 4.46. The van der Waals surface area contributed by atoms with Crippen molar-refractivity contribution in [3.05, 3.63) is 29.6 Å². The van der Waals surface area contributed by atoms with E-state index in [0.29, 0.717) is 30.0 Å². The molecule has 3 nitrogen and oxygen atoms in total. The fourth-order valence-corrected chi connectivity index (χ4v) is 3.11. The van der Waals surface area contributed by atoms with E-state index in [1.54, 1.807) is 11.8 Å². The molecule has 1 fully saturated rings. The van der Waals surface area contributed by atoms with Crippen LogP contribution in [0.15, 0.2) is 18.2 Å². The Hall–Kier alpha value is -1.07. The molecule has 134 valence electrons. The topological polar surface area (TPSA) is 38.3 Å². The molecule has 1 N–H and O–H groups in total. The van der Waals surface area contributed by atoms with Crippen molar-refractivity contribution in [3.63, 3.8) is 0 Å². The third kappa shape index (κ3) is 5.78. The van der Waals surface area contributed by atoms with Gasteiger partial charge in [0, 0.05) is 24.4 Å². The highest BCUT2D eigenvalue weighted by molar-refractivity contribution is 7.99. The summed E-state index contributed by atoms with van der Waals surface area (Å²) in [5, 5.41) is 3.96. The molecule has 1 unspecified atom stereocenters. The number of thioether (sulfide) groups is 1. The number of ether oxygens (including phenoxy) is 1. The Morgan fingerprint density at radius 3 is 2.67 bits per heavy atom. The second-order valence-electron chi connectivity index (χ2n) is 6.87. The largest absolute Gasteiger partial charge is 0.490 e. The minimum absolute atomic E-state index is 0.0253. The molecule has 1 atom stereocenters. The highest BCUT2D eigenvalue weighted by atomic mass is 32.2. The van der Waals surface area contributed by atoms with Crippen molar-refractivity contribution < 1.29 is 13.9 Å². The molecule has 0 aromatic heterocycles. The van der Waals surface area contributed by atoms with E-state index in [-0.39, 0.29) is 23.6 Å². The second-order valence-corrected chi connectivity index (χ2v) is 8.05. The molecule has 0 amide bonds. The van der Waals surface area contributed by atoms with Gasteiger partial charge in [-0.05, 0) is 50.1 Å². The number of carbonyl (C=O) groups is 1. The molecule has 0 radical (unpaired) electrons. The Bertz CT molecular complexity index is 558. The number of rotatable bonds is 9. The standard InChI is InChI=1S/C19H28FNO2S/c1-12(2)19(22)6-5-14-7-15(20)9-17(8-14)23-18-10-16(11-18)21-13(3)24-4/h7-9,12-13,16,18,21H,5-6,10-11H2,1-4H3/t13?,16-,18-. The number of nitrogens with one attached hydrogen (secondary N) is 1. The number of carbonyl (C=O) groups excluding carboxylic acids is 1. The highest BCUT2D eigenvalue weighted by Crippen LogP contribution is 2.28. The maximum Gasteiger partial charge on any atom is 0.135 e. The van der Waals surface area contributed by atoms with Gasteiger partial charge in [0.25, 0.3) is 0 Å². The monoisotopic (exact) mass is 353 g/mol. The molecule has 1 aliphatic rings. The average molecular weight is 354 g/mol. The Morgan fingerprint density at radius 1 is 1.33 bits per heavy atom. The summed E-state index contributed by atoms with van der Waals surface area (Å²) in [6.07, 6.45) is 5.13. The smallest absolute Gasteiger partial charge is 0.135 e. The van der Waals surface area contributed by atoms with Crippen molar-refractivity contribution in [2.75, 3.05) is 6.26 Å². The normalized spacial score (nSPS) is 21.4. The Labute approximate surface area is 148 Å². The van der Waals surface area contributed by atoms with Crippen LogP contribution in [0, 0.1) is 11.7 Å². The summed E-state index contributed by atoms with van der Waals surface area (Å²) >= 11 is 1.79. The van der Waals surface area contributed by atoms with Crippen LogP contribution < -0.4 is 10.1 Å². The van der Waals surface area contributed by atoms with Gasteiger partial charge in [-0.15, -0.1) is 11.8 Å². The first-order valence-electron chi connectivity index (χ1n) is 8.65. The van der Waals surface area contributed by atoms with Crippen LogP contribution in [-0.4, -0.2) is 29.6 Å². The maximum absolute atomic E-state index is 13.8. The van der Waals surface area contributed by atoms with E-state index >= 15 is 0 Å². The summed E-state index contributed by atoms with van der Waals surface area (Å²) in [6.45, 7) is 5.93. The summed E-state index contributed by atoms with van der Waals surface area (Å²) in [7, 11) is 0. The number of benzene rings is 1. The summed E-state index contributed by atoms with van der Waals surface area (Å²) < 4.78 is 19.7. The molecule has 0 heterocycles. The van der Waals surface area contributed by atoms with Crippen LogP contribution in [0.4, 0.5) is 4.39 Å². The molecule has 1 saturated carbocycles. The van der Waals surface area contributed by atoms with Gasteiger partial charge in [0.15, 0.2) is 0 Å². The summed E-state index contributed by atoms with van der Waals surface area (Å²) in [6, 6.07) is 5.27. The van der Waals surface area contributed by atoms with E-state index in [1.807, 2.05) is 19.9 Å². The molecule has 1 aliphatic carbocycles. The van der Waals surface area contributed by atoms with Crippen LogP contribution >= 0.6 is 11.8 Å². The number of hydrogen-bond donors (Lipinski definition) is 1. The minimum atomic E-state index is -0.301. The van der Waals surface area contributed by atoms with E-state index in [4.69, 9.17) is 4.74 Å². The summed E-state index contributed by atoms with van der Waals surface area (Å²) in [4.78, 5) is 11.7. The third-order valence-corrected chi connectivity index (χ3v) is 5.30. The first-order valence-corrected chi connectivity index (χ1v) is 9.94. The van der Waals surface area contributed by atoms with Gasteiger partial charge in [-0.1, -0.05) is 13.8 Å². The van der Waals surface area contributed by atoms with Crippen molar-refractivity contribution in [2.45, 2.75) is 64.0 Å². The molecule has 0 saturated heterocycles. The lowest BCUT2D eigenvalue weighted by molar-refractivity contribution is -0.121. The molecule has 24 heavy (non-hydrogen) atoms. The fraction of sp³-hybridized carbons (Fsp3) is 0.632. The van der Waals surface area contributed by atoms with Crippen LogP contribution in [0.2, 0.25) is 0 Å². The van der Waals surface area contributed by atoms with E-state index < -0.39 is 0 Å². The van der Waals surface area contributed by atoms with Gasteiger partial charge in [0.05, 0.1) is 5.37 Å². The number of ketones is 1. The molecule has 0 bridgehead atoms. The van der Waals surface area contributed by atoms with E-state index in [0.717, 1.165) is 18.4 Å². The second kappa shape index (κ2) is 8.86. The maximum atomic E-state index is 13.8. The van der Waals surface area contributed by atoms with Crippen molar-refractivity contribution in [3.8, 4) is 5.75 Å². The van der Waals surface area contributed by atoms with Crippen LogP contribution in [0.3, 0.4) is 0 Å². The lowest BCUT2D eigenvalue weighted by atomic mass is 9.89. The van der Waals surface area contributed by atoms with Crippen molar-refractivity contribution in [1.82, 2.24) is 5.32 Å².